The molecule has 1 aromatic carbocycles. The lowest BCUT2D eigenvalue weighted by Crippen LogP contribution is -2.49. The summed E-state index contributed by atoms with van der Waals surface area (Å²) in [4.78, 5) is 33.3. The smallest absolute Gasteiger partial charge is 0.341 e. The van der Waals surface area contributed by atoms with Crippen molar-refractivity contribution in [3.8, 4) is 5.69 Å². The highest BCUT2D eigenvalue weighted by Crippen LogP contribution is 2.19. The molecule has 0 spiro atoms. The van der Waals surface area contributed by atoms with Crippen LogP contribution in [0.1, 0.15) is 33.3 Å². The van der Waals surface area contributed by atoms with Crippen molar-refractivity contribution < 1.29 is 14.3 Å². The summed E-state index contributed by atoms with van der Waals surface area (Å²) in [6.07, 6.45) is 3.13. The molecule has 8 nitrogen and oxygen atoms in total. The first-order valence-corrected chi connectivity index (χ1v) is 10.8. The average molecular weight is 454 g/mol. The molecule has 32 heavy (non-hydrogen) atoms. The topological polar surface area (TPSA) is 80.6 Å². The van der Waals surface area contributed by atoms with Gasteiger partial charge >= 0.3 is 5.97 Å². The number of hydrogen-bond acceptors (Lipinski definition) is 6. The van der Waals surface area contributed by atoms with Gasteiger partial charge in [0.25, 0.3) is 5.91 Å². The Morgan fingerprint density at radius 1 is 1.03 bits per heavy atom. The Balaban J connectivity index is 1.41. The van der Waals surface area contributed by atoms with Crippen LogP contribution in [0.15, 0.2) is 48.8 Å². The Morgan fingerprint density at radius 2 is 1.75 bits per heavy atom. The first-order valence-electron chi connectivity index (χ1n) is 10.5. The van der Waals surface area contributed by atoms with Crippen molar-refractivity contribution in [2.75, 3.05) is 37.7 Å². The summed E-state index contributed by atoms with van der Waals surface area (Å²) in [5.41, 5.74) is 2.50. The number of ether oxygens (including phenoxy) is 1. The molecule has 0 saturated carbocycles. The number of aromatic nitrogens is 3. The lowest BCUT2D eigenvalue weighted by Gasteiger charge is -2.35. The number of rotatable bonds is 5. The third kappa shape index (κ3) is 4.45. The van der Waals surface area contributed by atoms with Crippen molar-refractivity contribution in [3.05, 3.63) is 70.6 Å². The van der Waals surface area contributed by atoms with E-state index in [9.17, 15) is 9.59 Å². The molecule has 1 saturated heterocycles. The van der Waals surface area contributed by atoms with Gasteiger partial charge in [-0.05, 0) is 50.2 Å². The third-order valence-corrected chi connectivity index (χ3v) is 5.69. The number of piperazine rings is 1. The second-order valence-corrected chi connectivity index (χ2v) is 7.87. The van der Waals surface area contributed by atoms with E-state index < -0.39 is 5.97 Å². The van der Waals surface area contributed by atoms with Crippen molar-refractivity contribution in [1.82, 2.24) is 19.7 Å². The standard InChI is InChI=1S/C23H24ClN5O3/c1-3-32-23(31)20-15-26-29(16(20)2)19-7-4-17(5-8-19)22(30)28-12-10-27(11-13-28)21-9-6-18(24)14-25-21/h4-9,14-15H,3,10-13H2,1-2H3. The van der Waals surface area contributed by atoms with Crippen LogP contribution in [0.2, 0.25) is 5.02 Å². The van der Waals surface area contributed by atoms with Gasteiger partial charge < -0.3 is 14.5 Å². The number of hydrogen-bond donors (Lipinski definition) is 0. The zero-order chi connectivity index (χ0) is 22.7. The van der Waals surface area contributed by atoms with Crippen LogP contribution >= 0.6 is 11.6 Å². The number of amides is 1. The first-order chi connectivity index (χ1) is 15.5. The van der Waals surface area contributed by atoms with Gasteiger partial charge in [0.1, 0.15) is 11.4 Å². The highest BCUT2D eigenvalue weighted by molar-refractivity contribution is 6.30. The van der Waals surface area contributed by atoms with E-state index in [-0.39, 0.29) is 5.91 Å². The second kappa shape index (κ2) is 9.40. The van der Waals surface area contributed by atoms with Crippen molar-refractivity contribution >= 4 is 29.3 Å². The number of esters is 1. The van der Waals surface area contributed by atoms with E-state index in [0.717, 1.165) is 11.5 Å². The average Bonchev–Trinajstić information content (AvgIpc) is 3.21. The van der Waals surface area contributed by atoms with Crippen LogP contribution in [0.5, 0.6) is 0 Å². The molecule has 166 valence electrons. The van der Waals surface area contributed by atoms with E-state index in [0.29, 0.717) is 54.6 Å². The molecule has 1 aliphatic heterocycles. The summed E-state index contributed by atoms with van der Waals surface area (Å²) in [7, 11) is 0. The molecule has 9 heteroatoms. The fraction of sp³-hybridized carbons (Fsp3) is 0.304. The maximum Gasteiger partial charge on any atom is 0.341 e. The van der Waals surface area contributed by atoms with Gasteiger partial charge in [-0.3, -0.25) is 4.79 Å². The number of carbonyl (C=O) groups is 2. The molecule has 2 aromatic heterocycles. The predicted molar refractivity (Wildman–Crippen MR) is 122 cm³/mol. The van der Waals surface area contributed by atoms with E-state index >= 15 is 0 Å². The van der Waals surface area contributed by atoms with E-state index in [2.05, 4.69) is 15.0 Å². The molecule has 0 bridgehead atoms. The Labute approximate surface area is 191 Å². The van der Waals surface area contributed by atoms with Gasteiger partial charge in [-0.1, -0.05) is 11.6 Å². The molecule has 0 atom stereocenters. The van der Waals surface area contributed by atoms with Gasteiger partial charge in [-0.25, -0.2) is 14.5 Å². The summed E-state index contributed by atoms with van der Waals surface area (Å²) >= 11 is 5.91. The Bertz CT molecular complexity index is 1100. The molecular weight excluding hydrogens is 430 g/mol. The summed E-state index contributed by atoms with van der Waals surface area (Å²) < 4.78 is 6.73. The van der Waals surface area contributed by atoms with Crippen LogP contribution in [0.3, 0.4) is 0 Å². The lowest BCUT2D eigenvalue weighted by atomic mass is 10.1. The molecule has 3 heterocycles. The molecule has 0 aliphatic carbocycles. The van der Waals surface area contributed by atoms with Gasteiger partial charge in [-0.2, -0.15) is 5.10 Å². The van der Waals surface area contributed by atoms with Crippen LogP contribution in [0.4, 0.5) is 5.82 Å². The van der Waals surface area contributed by atoms with Crippen molar-refractivity contribution in [2.24, 2.45) is 0 Å². The number of benzene rings is 1. The van der Waals surface area contributed by atoms with Gasteiger partial charge in [0.15, 0.2) is 0 Å². The molecular formula is C23H24ClN5O3. The molecule has 3 aromatic rings. The van der Waals surface area contributed by atoms with E-state index in [1.165, 1.54) is 6.20 Å². The molecule has 0 N–H and O–H groups in total. The molecule has 0 unspecified atom stereocenters. The van der Waals surface area contributed by atoms with E-state index in [4.69, 9.17) is 16.3 Å². The minimum absolute atomic E-state index is 0.00957. The maximum absolute atomic E-state index is 13.0. The number of carbonyl (C=O) groups excluding carboxylic acids is 2. The van der Waals surface area contributed by atoms with Gasteiger partial charge in [0.2, 0.25) is 0 Å². The number of nitrogens with zero attached hydrogens (tertiary/aromatic N) is 5. The number of halogens is 1. The minimum atomic E-state index is -0.393. The fourth-order valence-electron chi connectivity index (χ4n) is 3.70. The Kier molecular flexibility index (Phi) is 6.41. The highest BCUT2D eigenvalue weighted by Gasteiger charge is 2.23. The lowest BCUT2D eigenvalue weighted by molar-refractivity contribution is 0.0525. The number of anilines is 1. The van der Waals surface area contributed by atoms with Crippen LogP contribution in [0.25, 0.3) is 5.69 Å². The summed E-state index contributed by atoms with van der Waals surface area (Å²) in [6, 6.07) is 10.9. The van der Waals surface area contributed by atoms with Crippen molar-refractivity contribution in [2.45, 2.75) is 13.8 Å². The quantitative estimate of drug-likeness (QED) is 0.551. The Hall–Kier alpha value is -3.39. The maximum atomic E-state index is 13.0. The molecule has 4 rings (SSSR count). The second-order valence-electron chi connectivity index (χ2n) is 7.44. The normalized spacial score (nSPS) is 13.8. The van der Waals surface area contributed by atoms with Crippen LogP contribution < -0.4 is 4.90 Å². The zero-order valence-electron chi connectivity index (χ0n) is 18.0. The van der Waals surface area contributed by atoms with E-state index in [1.807, 2.05) is 36.1 Å². The van der Waals surface area contributed by atoms with Crippen LogP contribution in [-0.2, 0) is 4.74 Å². The zero-order valence-corrected chi connectivity index (χ0v) is 18.7. The fourth-order valence-corrected chi connectivity index (χ4v) is 3.81. The third-order valence-electron chi connectivity index (χ3n) is 5.47. The highest BCUT2D eigenvalue weighted by atomic mass is 35.5. The summed E-state index contributed by atoms with van der Waals surface area (Å²) in [6.45, 7) is 6.54. The van der Waals surface area contributed by atoms with Crippen LogP contribution in [-0.4, -0.2) is 64.3 Å². The van der Waals surface area contributed by atoms with Crippen molar-refractivity contribution in [3.63, 3.8) is 0 Å². The molecule has 1 aliphatic rings. The summed E-state index contributed by atoms with van der Waals surface area (Å²) in [5.74, 6) is 0.461. The Morgan fingerprint density at radius 3 is 2.38 bits per heavy atom. The summed E-state index contributed by atoms with van der Waals surface area (Å²) in [5, 5.41) is 4.90. The molecule has 0 radical (unpaired) electrons. The predicted octanol–water partition coefficient (Wildman–Crippen LogP) is 3.37. The number of pyridine rings is 1. The largest absolute Gasteiger partial charge is 0.462 e. The van der Waals surface area contributed by atoms with Gasteiger partial charge in [-0.15, -0.1) is 0 Å². The van der Waals surface area contributed by atoms with Crippen molar-refractivity contribution in [1.29, 1.82) is 0 Å². The SMILES string of the molecule is CCOC(=O)c1cnn(-c2ccc(C(=O)N3CCN(c4ccc(Cl)cn4)CC3)cc2)c1C. The van der Waals surface area contributed by atoms with Crippen LogP contribution in [0, 0.1) is 6.92 Å². The minimum Gasteiger partial charge on any atom is -0.462 e. The first kappa shape index (κ1) is 21.8. The molecule has 1 fully saturated rings. The van der Waals surface area contributed by atoms with Gasteiger partial charge in [0.05, 0.1) is 29.2 Å². The van der Waals surface area contributed by atoms with Gasteiger partial charge in [0, 0.05) is 37.9 Å². The monoisotopic (exact) mass is 453 g/mol. The molecule has 1 amide bonds. The van der Waals surface area contributed by atoms with E-state index in [1.54, 1.807) is 29.9 Å².